The Labute approximate surface area is 171 Å². The van der Waals surface area contributed by atoms with E-state index in [9.17, 15) is 18.0 Å². The third kappa shape index (κ3) is 3.74. The predicted octanol–water partition coefficient (Wildman–Crippen LogP) is 4.99. The van der Waals surface area contributed by atoms with Crippen LogP contribution in [-0.4, -0.2) is 19.2 Å². The van der Waals surface area contributed by atoms with Crippen LogP contribution in [0.2, 0.25) is 0 Å². The second-order valence-corrected chi connectivity index (χ2v) is 6.70. The lowest BCUT2D eigenvalue weighted by atomic mass is 9.98. The summed E-state index contributed by atoms with van der Waals surface area (Å²) in [5.74, 6) is 0.564. The molecule has 0 saturated carbocycles. The fourth-order valence-corrected chi connectivity index (χ4v) is 3.53. The zero-order valence-electron chi connectivity index (χ0n) is 15.7. The van der Waals surface area contributed by atoms with E-state index < -0.39 is 23.5 Å². The number of carbonyl (C=O) groups excluding carboxylic acids is 1. The van der Waals surface area contributed by atoms with Crippen molar-refractivity contribution in [1.82, 2.24) is 5.32 Å². The molecule has 0 aromatic heterocycles. The molecule has 0 fully saturated rings. The van der Waals surface area contributed by atoms with Crippen LogP contribution >= 0.6 is 0 Å². The molecule has 1 N–H and O–H groups in total. The summed E-state index contributed by atoms with van der Waals surface area (Å²) >= 11 is 0. The van der Waals surface area contributed by atoms with Crippen LogP contribution in [0.1, 0.15) is 22.6 Å². The van der Waals surface area contributed by atoms with Gasteiger partial charge in [0.1, 0.15) is 6.61 Å². The zero-order chi connectivity index (χ0) is 21.1. The Balaban J connectivity index is 1.36. The highest BCUT2D eigenvalue weighted by Crippen LogP contribution is 2.44. The van der Waals surface area contributed by atoms with Crippen LogP contribution in [0, 0.1) is 29.3 Å². The number of ether oxygens (including phenoxy) is 1. The van der Waals surface area contributed by atoms with E-state index in [-0.39, 0.29) is 24.6 Å². The Morgan fingerprint density at radius 1 is 0.900 bits per heavy atom. The van der Waals surface area contributed by atoms with Gasteiger partial charge in [0.2, 0.25) is 0 Å². The average Bonchev–Trinajstić information content (AvgIpc) is 3.09. The Kier molecular flexibility index (Phi) is 5.44. The number of carbonyl (C=O) groups is 1. The number of rotatable bonds is 3. The molecule has 0 unspecified atom stereocenters. The van der Waals surface area contributed by atoms with Crippen molar-refractivity contribution in [3.05, 3.63) is 94.8 Å². The van der Waals surface area contributed by atoms with Crippen molar-refractivity contribution >= 4 is 6.09 Å². The highest BCUT2D eigenvalue weighted by Gasteiger charge is 2.28. The van der Waals surface area contributed by atoms with Gasteiger partial charge in [-0.15, -0.1) is 0 Å². The van der Waals surface area contributed by atoms with Gasteiger partial charge in [-0.2, -0.15) is 0 Å². The van der Waals surface area contributed by atoms with Crippen molar-refractivity contribution < 1.29 is 22.7 Å². The lowest BCUT2D eigenvalue weighted by Crippen LogP contribution is -2.26. The van der Waals surface area contributed by atoms with Gasteiger partial charge in [0, 0.05) is 5.92 Å². The third-order valence-corrected chi connectivity index (χ3v) is 4.92. The second kappa shape index (κ2) is 8.34. The highest BCUT2D eigenvalue weighted by atomic mass is 19.2. The van der Waals surface area contributed by atoms with Crippen molar-refractivity contribution in [2.45, 2.75) is 5.92 Å². The molecule has 3 nitrogen and oxygen atoms in total. The smallest absolute Gasteiger partial charge is 0.407 e. The van der Waals surface area contributed by atoms with Gasteiger partial charge in [-0.25, -0.2) is 18.0 Å². The first-order valence-electron chi connectivity index (χ1n) is 9.27. The average molecular weight is 407 g/mol. The van der Waals surface area contributed by atoms with Gasteiger partial charge in [0.05, 0.1) is 12.1 Å². The Morgan fingerprint density at radius 3 is 2.20 bits per heavy atom. The van der Waals surface area contributed by atoms with Gasteiger partial charge in [-0.05, 0) is 34.4 Å². The largest absolute Gasteiger partial charge is 0.449 e. The SMILES string of the molecule is O=C(NCC#Cc1ccc(F)c(F)c1F)OCC1c2ccccc2-c2ccccc21. The summed E-state index contributed by atoms with van der Waals surface area (Å²) in [5.41, 5.74) is 4.16. The van der Waals surface area contributed by atoms with E-state index in [1.54, 1.807) is 0 Å². The molecular weight excluding hydrogens is 391 g/mol. The van der Waals surface area contributed by atoms with Crippen LogP contribution in [0.3, 0.4) is 0 Å². The highest BCUT2D eigenvalue weighted by molar-refractivity contribution is 5.79. The van der Waals surface area contributed by atoms with Crippen LogP contribution in [0.5, 0.6) is 0 Å². The standard InChI is InChI=1S/C24H16F3NO2/c25-21-12-11-15(22(26)23(21)27)6-5-13-28-24(29)30-14-20-18-9-3-1-7-16(18)17-8-2-4-10-19(17)20/h1-4,7-12,20H,13-14H2,(H,28,29). The third-order valence-electron chi connectivity index (χ3n) is 4.92. The van der Waals surface area contributed by atoms with Gasteiger partial charge in [0.15, 0.2) is 17.5 Å². The summed E-state index contributed by atoms with van der Waals surface area (Å²) in [5, 5.41) is 2.45. The summed E-state index contributed by atoms with van der Waals surface area (Å²) in [6, 6.07) is 17.8. The van der Waals surface area contributed by atoms with Crippen molar-refractivity contribution in [2.75, 3.05) is 13.2 Å². The fraction of sp³-hybridized carbons (Fsp3) is 0.125. The lowest BCUT2D eigenvalue weighted by molar-refractivity contribution is 0.144. The molecule has 4 rings (SSSR count). The second-order valence-electron chi connectivity index (χ2n) is 6.70. The minimum Gasteiger partial charge on any atom is -0.449 e. The van der Waals surface area contributed by atoms with Crippen LogP contribution in [0.15, 0.2) is 60.7 Å². The van der Waals surface area contributed by atoms with Crippen molar-refractivity contribution in [3.63, 3.8) is 0 Å². The fourth-order valence-electron chi connectivity index (χ4n) is 3.53. The van der Waals surface area contributed by atoms with Crippen molar-refractivity contribution in [3.8, 4) is 23.0 Å². The van der Waals surface area contributed by atoms with E-state index in [0.29, 0.717) is 0 Å². The first-order valence-corrected chi connectivity index (χ1v) is 9.27. The Morgan fingerprint density at radius 2 is 1.53 bits per heavy atom. The molecule has 150 valence electrons. The van der Waals surface area contributed by atoms with E-state index in [4.69, 9.17) is 4.74 Å². The van der Waals surface area contributed by atoms with Gasteiger partial charge in [-0.1, -0.05) is 60.4 Å². The Hall–Kier alpha value is -3.72. The van der Waals surface area contributed by atoms with Crippen molar-refractivity contribution in [1.29, 1.82) is 0 Å². The maximum atomic E-state index is 13.6. The zero-order valence-corrected chi connectivity index (χ0v) is 15.7. The van der Waals surface area contributed by atoms with E-state index in [0.717, 1.165) is 34.4 Å². The van der Waals surface area contributed by atoms with E-state index in [1.807, 2.05) is 48.5 Å². The first kappa shape index (κ1) is 19.6. The van der Waals surface area contributed by atoms with E-state index in [1.165, 1.54) is 0 Å². The summed E-state index contributed by atoms with van der Waals surface area (Å²) in [4.78, 5) is 12.0. The number of alkyl carbamates (subject to hydrolysis) is 1. The molecular formula is C24H16F3NO2. The lowest BCUT2D eigenvalue weighted by Gasteiger charge is -2.14. The molecule has 1 amide bonds. The molecule has 0 saturated heterocycles. The van der Waals surface area contributed by atoms with Gasteiger partial charge >= 0.3 is 6.09 Å². The van der Waals surface area contributed by atoms with Crippen molar-refractivity contribution in [2.24, 2.45) is 0 Å². The monoisotopic (exact) mass is 407 g/mol. The van der Waals surface area contributed by atoms with Gasteiger partial charge in [-0.3, -0.25) is 0 Å². The van der Waals surface area contributed by atoms with Crippen LogP contribution in [0.4, 0.5) is 18.0 Å². The molecule has 0 bridgehead atoms. The number of amides is 1. The summed E-state index contributed by atoms with van der Waals surface area (Å²) in [6.45, 7) is 0.0280. The van der Waals surface area contributed by atoms with Gasteiger partial charge < -0.3 is 10.1 Å². The molecule has 30 heavy (non-hydrogen) atoms. The number of hydrogen-bond acceptors (Lipinski definition) is 2. The van der Waals surface area contributed by atoms with E-state index >= 15 is 0 Å². The molecule has 1 aliphatic rings. The maximum absolute atomic E-state index is 13.6. The molecule has 3 aromatic carbocycles. The van der Waals surface area contributed by atoms with Gasteiger partial charge in [0.25, 0.3) is 0 Å². The number of fused-ring (bicyclic) bond motifs is 3. The predicted molar refractivity (Wildman–Crippen MR) is 106 cm³/mol. The molecule has 0 radical (unpaired) electrons. The summed E-state index contributed by atoms with van der Waals surface area (Å²) in [7, 11) is 0. The normalized spacial score (nSPS) is 11.8. The topological polar surface area (TPSA) is 38.3 Å². The molecule has 0 heterocycles. The molecule has 0 atom stereocenters. The molecule has 0 spiro atoms. The van der Waals surface area contributed by atoms with Crippen LogP contribution < -0.4 is 5.32 Å². The minimum atomic E-state index is -1.58. The van der Waals surface area contributed by atoms with Crippen LogP contribution in [-0.2, 0) is 4.74 Å². The van der Waals surface area contributed by atoms with E-state index in [2.05, 4.69) is 17.2 Å². The molecule has 1 aliphatic carbocycles. The van der Waals surface area contributed by atoms with Crippen LogP contribution in [0.25, 0.3) is 11.1 Å². The minimum absolute atomic E-state index is 0.0643. The molecule has 3 aromatic rings. The number of benzene rings is 3. The molecule has 6 heteroatoms. The number of halogens is 3. The first-order chi connectivity index (χ1) is 14.6. The molecule has 0 aliphatic heterocycles. The quantitative estimate of drug-likeness (QED) is 0.491. The number of nitrogens with one attached hydrogen (secondary N) is 1. The summed E-state index contributed by atoms with van der Waals surface area (Å²) in [6.07, 6.45) is -0.670. The Bertz CT molecular complexity index is 1140. The summed E-state index contributed by atoms with van der Waals surface area (Å²) < 4.78 is 45.0. The number of hydrogen-bond donors (Lipinski definition) is 1. The maximum Gasteiger partial charge on any atom is 0.407 e.